The molecule has 0 radical (unpaired) electrons. The summed E-state index contributed by atoms with van der Waals surface area (Å²) in [6.45, 7) is 0.839. The van der Waals surface area contributed by atoms with E-state index in [9.17, 15) is 9.59 Å². The number of aryl methyl sites for hydroxylation is 1. The maximum absolute atomic E-state index is 13.0. The van der Waals surface area contributed by atoms with Gasteiger partial charge in [0.15, 0.2) is 0 Å². The number of nitrogens with zero attached hydrogens (tertiary/aromatic N) is 4. The van der Waals surface area contributed by atoms with Crippen molar-refractivity contribution in [1.29, 1.82) is 0 Å². The third kappa shape index (κ3) is 5.72. The van der Waals surface area contributed by atoms with Crippen molar-refractivity contribution in [3.8, 4) is 16.9 Å². The van der Waals surface area contributed by atoms with E-state index in [-0.39, 0.29) is 17.8 Å². The van der Waals surface area contributed by atoms with Gasteiger partial charge in [0.25, 0.3) is 5.91 Å². The molecule has 9 nitrogen and oxygen atoms in total. The zero-order chi connectivity index (χ0) is 25.9. The van der Waals surface area contributed by atoms with E-state index in [1.165, 1.54) is 19.3 Å². The number of carbonyl (C=O) groups is 2. The lowest BCUT2D eigenvalue weighted by molar-refractivity contribution is 0.0937. The second-order valence-corrected chi connectivity index (χ2v) is 10.3. The van der Waals surface area contributed by atoms with E-state index < -0.39 is 6.09 Å². The highest BCUT2D eigenvalue weighted by molar-refractivity contribution is 6.30. The van der Waals surface area contributed by atoms with Gasteiger partial charge in [0.1, 0.15) is 11.6 Å². The number of nitrogen functional groups attached to an aromatic ring is 1. The van der Waals surface area contributed by atoms with Crippen molar-refractivity contribution >= 4 is 29.4 Å². The van der Waals surface area contributed by atoms with Crippen LogP contribution in [0.4, 0.5) is 10.6 Å². The molecule has 3 N–H and O–H groups in total. The van der Waals surface area contributed by atoms with Gasteiger partial charge in [-0.25, -0.2) is 9.78 Å². The van der Waals surface area contributed by atoms with Crippen LogP contribution in [0.2, 0.25) is 5.02 Å². The quantitative estimate of drug-likeness (QED) is 0.498. The minimum atomic E-state index is -0.420. The number of halogens is 1. The Morgan fingerprint density at radius 3 is 2.68 bits per heavy atom. The summed E-state index contributed by atoms with van der Waals surface area (Å²) in [6.07, 6.45) is 11.1. The monoisotopic (exact) mass is 522 g/mol. The van der Waals surface area contributed by atoms with Crippen molar-refractivity contribution in [2.24, 2.45) is 7.05 Å². The van der Waals surface area contributed by atoms with E-state index in [0.29, 0.717) is 41.8 Å². The van der Waals surface area contributed by atoms with Gasteiger partial charge in [-0.15, -0.1) is 0 Å². The summed E-state index contributed by atoms with van der Waals surface area (Å²) in [7, 11) is 1.82. The molecule has 1 aliphatic heterocycles. The van der Waals surface area contributed by atoms with Crippen LogP contribution in [0.15, 0.2) is 42.9 Å². The molecule has 1 saturated heterocycles. The maximum atomic E-state index is 13.0. The fraction of sp³-hybridized carbons (Fsp3) is 0.407. The zero-order valence-electron chi connectivity index (χ0n) is 20.8. The predicted molar refractivity (Wildman–Crippen MR) is 142 cm³/mol. The van der Waals surface area contributed by atoms with Crippen LogP contribution in [0.5, 0.6) is 5.75 Å². The van der Waals surface area contributed by atoms with Gasteiger partial charge in [-0.2, -0.15) is 5.10 Å². The average molecular weight is 523 g/mol. The number of nitrogens with two attached hydrogens (primary N) is 1. The molecule has 1 atom stereocenters. The Morgan fingerprint density at radius 2 is 1.92 bits per heavy atom. The fourth-order valence-electron chi connectivity index (χ4n) is 5.20. The van der Waals surface area contributed by atoms with Crippen molar-refractivity contribution in [2.45, 2.75) is 50.5 Å². The number of nitrogens with one attached hydrogen (secondary N) is 1. The highest BCUT2D eigenvalue weighted by Crippen LogP contribution is 2.39. The summed E-state index contributed by atoms with van der Waals surface area (Å²) < 4.78 is 7.52. The SMILES string of the molecule is Cn1cc(-c2cnc(N)c(C(=O)N[C@@H]3CCN(C(=O)Oc4ccc(Cl)cc4C4CCCCC4)C3)c2)cn1. The Labute approximate surface area is 220 Å². The minimum absolute atomic E-state index is 0.150. The van der Waals surface area contributed by atoms with Gasteiger partial charge < -0.3 is 20.7 Å². The standard InChI is InChI=1S/C27H31ClN6O3/c1-33-15-19(14-31-33)18-11-23(25(29)30-13-18)26(35)32-21-9-10-34(16-21)27(36)37-24-8-7-20(28)12-22(24)17-5-3-2-4-6-17/h7-8,11-15,17,21H,2-6,9-10,16H2,1H3,(H2,29,30)(H,32,35)/t21-/m1/s1. The van der Waals surface area contributed by atoms with E-state index in [0.717, 1.165) is 29.5 Å². The van der Waals surface area contributed by atoms with Crippen molar-refractivity contribution in [3.63, 3.8) is 0 Å². The lowest BCUT2D eigenvalue weighted by atomic mass is 9.84. The summed E-state index contributed by atoms with van der Waals surface area (Å²) in [5, 5.41) is 7.80. The molecule has 0 unspecified atom stereocenters. The molecule has 5 rings (SSSR count). The summed E-state index contributed by atoms with van der Waals surface area (Å²) in [5.74, 6) is 0.743. The number of aromatic nitrogens is 3. The fourth-order valence-corrected chi connectivity index (χ4v) is 5.38. The first-order chi connectivity index (χ1) is 17.9. The number of anilines is 1. The van der Waals surface area contributed by atoms with Gasteiger partial charge in [-0.3, -0.25) is 9.48 Å². The van der Waals surface area contributed by atoms with Gasteiger partial charge >= 0.3 is 6.09 Å². The molecule has 1 aromatic carbocycles. The molecular weight excluding hydrogens is 492 g/mol. The highest BCUT2D eigenvalue weighted by Gasteiger charge is 2.30. The second kappa shape index (κ2) is 10.8. The summed E-state index contributed by atoms with van der Waals surface area (Å²) >= 11 is 6.27. The van der Waals surface area contributed by atoms with Crippen LogP contribution < -0.4 is 15.8 Å². The molecular formula is C27H31ClN6O3. The van der Waals surface area contributed by atoms with Gasteiger partial charge in [0.2, 0.25) is 0 Å². The molecule has 1 saturated carbocycles. The van der Waals surface area contributed by atoms with Crippen LogP contribution >= 0.6 is 11.6 Å². The average Bonchev–Trinajstić information content (AvgIpc) is 3.55. The molecule has 2 aliphatic rings. The Balaban J connectivity index is 1.22. The highest BCUT2D eigenvalue weighted by atomic mass is 35.5. The molecule has 1 aliphatic carbocycles. The van der Waals surface area contributed by atoms with Crippen molar-refractivity contribution < 1.29 is 14.3 Å². The molecule has 0 bridgehead atoms. The largest absolute Gasteiger partial charge is 0.415 e. The lowest BCUT2D eigenvalue weighted by Crippen LogP contribution is -2.39. The topological polar surface area (TPSA) is 115 Å². The summed E-state index contributed by atoms with van der Waals surface area (Å²) in [5.41, 5.74) is 8.89. The number of hydrogen-bond acceptors (Lipinski definition) is 6. The molecule has 2 aromatic heterocycles. The van der Waals surface area contributed by atoms with Crippen LogP contribution in [0.25, 0.3) is 11.1 Å². The van der Waals surface area contributed by atoms with Crippen LogP contribution in [0.3, 0.4) is 0 Å². The summed E-state index contributed by atoms with van der Waals surface area (Å²) in [6, 6.07) is 6.95. The van der Waals surface area contributed by atoms with E-state index in [4.69, 9.17) is 22.1 Å². The predicted octanol–water partition coefficient (Wildman–Crippen LogP) is 4.77. The normalized spacial score (nSPS) is 18.1. The van der Waals surface area contributed by atoms with Crippen LogP contribution in [-0.4, -0.2) is 50.8 Å². The number of carbonyl (C=O) groups excluding carboxylic acids is 2. The molecule has 3 aromatic rings. The van der Waals surface area contributed by atoms with Gasteiger partial charge in [0, 0.05) is 54.7 Å². The third-order valence-corrected chi connectivity index (χ3v) is 7.43. The number of ether oxygens (including phenoxy) is 1. The Hall–Kier alpha value is -3.59. The van der Waals surface area contributed by atoms with Gasteiger partial charge in [0.05, 0.1) is 11.8 Å². The smallest absolute Gasteiger partial charge is 0.410 e. The Kier molecular flexibility index (Phi) is 7.32. The number of amides is 2. The van der Waals surface area contributed by atoms with E-state index in [2.05, 4.69) is 15.4 Å². The Morgan fingerprint density at radius 1 is 1.11 bits per heavy atom. The van der Waals surface area contributed by atoms with Crippen molar-refractivity contribution in [1.82, 2.24) is 25.0 Å². The molecule has 10 heteroatoms. The number of rotatable bonds is 5. The van der Waals surface area contributed by atoms with Gasteiger partial charge in [-0.05, 0) is 55.0 Å². The molecule has 0 spiro atoms. The summed E-state index contributed by atoms with van der Waals surface area (Å²) in [4.78, 5) is 31.9. The molecule has 2 fully saturated rings. The minimum Gasteiger partial charge on any atom is -0.410 e. The molecule has 37 heavy (non-hydrogen) atoms. The van der Waals surface area contributed by atoms with E-state index >= 15 is 0 Å². The van der Waals surface area contributed by atoms with E-state index in [1.54, 1.807) is 40.2 Å². The number of likely N-dealkylation sites (tertiary alicyclic amines) is 1. The molecule has 3 heterocycles. The Bertz CT molecular complexity index is 1300. The van der Waals surface area contributed by atoms with Gasteiger partial charge in [-0.1, -0.05) is 30.9 Å². The van der Waals surface area contributed by atoms with E-state index in [1.807, 2.05) is 19.3 Å². The first-order valence-corrected chi connectivity index (χ1v) is 13.1. The first kappa shape index (κ1) is 25.1. The maximum Gasteiger partial charge on any atom is 0.415 e. The van der Waals surface area contributed by atoms with Crippen molar-refractivity contribution in [3.05, 3.63) is 59.0 Å². The number of hydrogen-bond donors (Lipinski definition) is 2. The third-order valence-electron chi connectivity index (χ3n) is 7.20. The molecule has 2 amide bonds. The van der Waals surface area contributed by atoms with Crippen LogP contribution in [0.1, 0.15) is 60.4 Å². The lowest BCUT2D eigenvalue weighted by Gasteiger charge is -2.25. The first-order valence-electron chi connectivity index (χ1n) is 12.7. The second-order valence-electron chi connectivity index (χ2n) is 9.85. The van der Waals surface area contributed by atoms with Crippen LogP contribution in [-0.2, 0) is 7.05 Å². The van der Waals surface area contributed by atoms with Crippen molar-refractivity contribution in [2.75, 3.05) is 18.8 Å². The zero-order valence-corrected chi connectivity index (χ0v) is 21.6. The molecule has 194 valence electrons. The number of pyridine rings is 1. The van der Waals surface area contributed by atoms with Crippen LogP contribution in [0, 0.1) is 0 Å². The number of benzene rings is 1.